The van der Waals surface area contributed by atoms with Crippen LogP contribution in [0.25, 0.3) is 0 Å². The monoisotopic (exact) mass is 609 g/mol. The third-order valence-corrected chi connectivity index (χ3v) is 10.1. The van der Waals surface area contributed by atoms with Crippen LogP contribution in [0.2, 0.25) is 0 Å². The molecule has 2 aliphatic rings. The van der Waals surface area contributed by atoms with E-state index in [-0.39, 0.29) is 12.1 Å². The highest BCUT2D eigenvalue weighted by atomic mass is 16.3. The summed E-state index contributed by atoms with van der Waals surface area (Å²) in [6.45, 7) is 3.16. The first-order chi connectivity index (χ1) is 22.6. The molecule has 234 valence electrons. The minimum Gasteiger partial charge on any atom is -0.379 e. The van der Waals surface area contributed by atoms with E-state index in [1.165, 1.54) is 0 Å². The standard InChI is InChI=1S/C41H43N3O2/c45-40(32-16-5-1-6-17-32,33-18-7-2-8-19-33)38-26-14-28-43(38)30-36-24-13-25-37(42-36)31-44-29-15-27-39(44)41(46,34-20-9-3-10-21-34)35-22-11-4-12-23-35/h1-13,16-25,38-39,45-46H,14-15,26-31H2/t38-,39?/m0/s1. The van der Waals surface area contributed by atoms with Crippen LogP contribution in [0.4, 0.5) is 0 Å². The molecule has 5 aromatic rings. The van der Waals surface area contributed by atoms with E-state index in [0.717, 1.165) is 72.4 Å². The molecule has 1 unspecified atom stereocenters. The van der Waals surface area contributed by atoms with E-state index in [9.17, 15) is 10.2 Å². The number of nitrogens with zero attached hydrogens (tertiary/aromatic N) is 3. The molecule has 0 saturated carbocycles. The maximum Gasteiger partial charge on any atom is 0.130 e. The van der Waals surface area contributed by atoms with Crippen molar-refractivity contribution in [3.8, 4) is 0 Å². The third-order valence-electron chi connectivity index (χ3n) is 10.1. The van der Waals surface area contributed by atoms with Crippen LogP contribution in [0, 0.1) is 0 Å². The van der Waals surface area contributed by atoms with Crippen molar-refractivity contribution < 1.29 is 10.2 Å². The van der Waals surface area contributed by atoms with Gasteiger partial charge in [-0.15, -0.1) is 0 Å². The van der Waals surface area contributed by atoms with Gasteiger partial charge >= 0.3 is 0 Å². The molecule has 0 spiro atoms. The fraction of sp³-hybridized carbons (Fsp3) is 0.293. The summed E-state index contributed by atoms with van der Waals surface area (Å²) in [6.07, 6.45) is 3.87. The Morgan fingerprint density at radius 3 is 1.13 bits per heavy atom. The van der Waals surface area contributed by atoms with E-state index >= 15 is 0 Å². The molecule has 5 nitrogen and oxygen atoms in total. The second kappa shape index (κ2) is 13.3. The lowest BCUT2D eigenvalue weighted by Crippen LogP contribution is -2.48. The average molecular weight is 610 g/mol. The number of benzene rings is 4. The minimum absolute atomic E-state index is 0.0718. The number of rotatable bonds is 10. The highest BCUT2D eigenvalue weighted by Crippen LogP contribution is 2.42. The lowest BCUT2D eigenvalue weighted by Gasteiger charge is -2.40. The summed E-state index contributed by atoms with van der Waals surface area (Å²) in [7, 11) is 0. The zero-order chi connectivity index (χ0) is 31.4. The van der Waals surface area contributed by atoms with Gasteiger partial charge in [0.15, 0.2) is 0 Å². The zero-order valence-corrected chi connectivity index (χ0v) is 26.3. The Balaban J connectivity index is 1.14. The van der Waals surface area contributed by atoms with E-state index in [0.29, 0.717) is 13.1 Å². The average Bonchev–Trinajstić information content (AvgIpc) is 3.79. The van der Waals surface area contributed by atoms with Gasteiger partial charge < -0.3 is 10.2 Å². The molecule has 0 radical (unpaired) electrons. The van der Waals surface area contributed by atoms with Gasteiger partial charge in [-0.2, -0.15) is 0 Å². The zero-order valence-electron chi connectivity index (χ0n) is 26.3. The highest BCUT2D eigenvalue weighted by molar-refractivity contribution is 5.40. The van der Waals surface area contributed by atoms with E-state index in [2.05, 4.69) is 28.0 Å². The number of aliphatic hydroxyl groups is 2. The van der Waals surface area contributed by atoms with Gasteiger partial charge in [0.25, 0.3) is 0 Å². The van der Waals surface area contributed by atoms with Crippen LogP contribution in [0.1, 0.15) is 59.3 Å². The summed E-state index contributed by atoms with van der Waals surface area (Å²) in [5.41, 5.74) is 3.44. The lowest BCUT2D eigenvalue weighted by molar-refractivity contribution is -0.00767. The van der Waals surface area contributed by atoms with Crippen molar-refractivity contribution in [2.24, 2.45) is 0 Å². The van der Waals surface area contributed by atoms with Gasteiger partial charge in [0.2, 0.25) is 0 Å². The van der Waals surface area contributed by atoms with E-state index in [4.69, 9.17) is 4.98 Å². The molecule has 2 aliphatic heterocycles. The molecular weight excluding hydrogens is 566 g/mol. The Labute approximate surface area is 272 Å². The summed E-state index contributed by atoms with van der Waals surface area (Å²) in [5.74, 6) is 0. The fourth-order valence-electron chi connectivity index (χ4n) is 7.97. The maximum absolute atomic E-state index is 12.5. The lowest BCUT2D eigenvalue weighted by atomic mass is 9.79. The SMILES string of the molecule is OC(c1ccccc1)(c1ccccc1)C1CCCN1Cc1cccc(CN2CCC[C@H]2C(O)(c2ccccc2)c2ccccc2)n1. The molecule has 2 N–H and O–H groups in total. The Morgan fingerprint density at radius 1 is 0.478 bits per heavy atom. The van der Waals surface area contributed by atoms with Crippen LogP contribution >= 0.6 is 0 Å². The molecule has 0 bridgehead atoms. The summed E-state index contributed by atoms with van der Waals surface area (Å²) in [4.78, 5) is 10.00. The minimum atomic E-state index is -1.13. The Kier molecular flexibility index (Phi) is 8.83. The number of hydrogen-bond donors (Lipinski definition) is 2. The van der Waals surface area contributed by atoms with Crippen LogP contribution in [-0.2, 0) is 24.3 Å². The normalized spacial score (nSPS) is 19.4. The topological polar surface area (TPSA) is 59.8 Å². The van der Waals surface area contributed by atoms with Gasteiger partial charge in [0.1, 0.15) is 11.2 Å². The molecular formula is C41H43N3O2. The van der Waals surface area contributed by atoms with Crippen LogP contribution in [0.3, 0.4) is 0 Å². The van der Waals surface area contributed by atoms with Gasteiger partial charge in [0.05, 0.1) is 11.4 Å². The molecule has 4 aromatic carbocycles. The van der Waals surface area contributed by atoms with Crippen LogP contribution < -0.4 is 0 Å². The van der Waals surface area contributed by atoms with Gasteiger partial charge in [0, 0.05) is 25.2 Å². The van der Waals surface area contributed by atoms with Gasteiger partial charge in [-0.3, -0.25) is 14.8 Å². The van der Waals surface area contributed by atoms with Crippen molar-refractivity contribution in [1.29, 1.82) is 0 Å². The van der Waals surface area contributed by atoms with Crippen LogP contribution in [-0.4, -0.2) is 50.2 Å². The number of likely N-dealkylation sites (tertiary alicyclic amines) is 2. The van der Waals surface area contributed by atoms with E-state index in [1.807, 2.05) is 121 Å². The number of aromatic nitrogens is 1. The van der Waals surface area contributed by atoms with E-state index in [1.54, 1.807) is 0 Å². The molecule has 0 aliphatic carbocycles. The van der Waals surface area contributed by atoms with E-state index < -0.39 is 11.2 Å². The Morgan fingerprint density at radius 2 is 0.804 bits per heavy atom. The van der Waals surface area contributed by atoms with Crippen LogP contribution in [0.5, 0.6) is 0 Å². The molecule has 5 heteroatoms. The summed E-state index contributed by atoms with van der Waals surface area (Å²) >= 11 is 0. The van der Waals surface area contributed by atoms with Crippen LogP contribution in [0.15, 0.2) is 140 Å². The first kappa shape index (κ1) is 30.5. The fourth-order valence-corrected chi connectivity index (χ4v) is 7.97. The van der Waals surface area contributed by atoms with Crippen molar-refractivity contribution in [1.82, 2.24) is 14.8 Å². The first-order valence-corrected chi connectivity index (χ1v) is 16.7. The Bertz CT molecular complexity index is 1490. The van der Waals surface area contributed by atoms with Crippen molar-refractivity contribution >= 4 is 0 Å². The second-order valence-corrected chi connectivity index (χ2v) is 12.9. The summed E-state index contributed by atoms with van der Waals surface area (Å²) in [5, 5.41) is 25.1. The predicted octanol–water partition coefficient (Wildman–Crippen LogP) is 6.88. The predicted molar refractivity (Wildman–Crippen MR) is 183 cm³/mol. The molecule has 2 atom stereocenters. The quantitative estimate of drug-likeness (QED) is 0.181. The summed E-state index contributed by atoms with van der Waals surface area (Å²) < 4.78 is 0. The first-order valence-electron chi connectivity index (χ1n) is 16.7. The molecule has 3 heterocycles. The van der Waals surface area contributed by atoms with Gasteiger partial charge in [-0.1, -0.05) is 127 Å². The van der Waals surface area contributed by atoms with Crippen molar-refractivity contribution in [2.45, 2.75) is 62.1 Å². The molecule has 0 amide bonds. The van der Waals surface area contributed by atoms with Gasteiger partial charge in [-0.25, -0.2) is 0 Å². The van der Waals surface area contributed by atoms with Gasteiger partial charge in [-0.05, 0) is 73.2 Å². The second-order valence-electron chi connectivity index (χ2n) is 12.9. The number of hydrogen-bond acceptors (Lipinski definition) is 5. The van der Waals surface area contributed by atoms with Crippen molar-refractivity contribution in [3.63, 3.8) is 0 Å². The maximum atomic E-state index is 12.5. The molecule has 7 rings (SSSR count). The van der Waals surface area contributed by atoms with Crippen molar-refractivity contribution in [2.75, 3.05) is 13.1 Å². The third kappa shape index (κ3) is 5.80. The smallest absolute Gasteiger partial charge is 0.130 e. The summed E-state index contributed by atoms with van der Waals surface area (Å²) in [6, 6.07) is 46.6. The molecule has 1 aromatic heterocycles. The number of pyridine rings is 1. The molecule has 46 heavy (non-hydrogen) atoms. The largest absolute Gasteiger partial charge is 0.379 e. The van der Waals surface area contributed by atoms with Crippen molar-refractivity contribution in [3.05, 3.63) is 173 Å². The Hall–Kier alpha value is -4.13. The molecule has 2 saturated heterocycles. The molecule has 2 fully saturated rings. The highest BCUT2D eigenvalue weighted by Gasteiger charge is 2.46.